The number of rotatable bonds is 5. The lowest BCUT2D eigenvalue weighted by Crippen LogP contribution is -2.31. The highest BCUT2D eigenvalue weighted by Crippen LogP contribution is 2.32. The molecule has 0 saturated carbocycles. The molecule has 21 heavy (non-hydrogen) atoms. The van der Waals surface area contributed by atoms with Crippen molar-refractivity contribution in [2.75, 3.05) is 0 Å². The van der Waals surface area contributed by atoms with Crippen molar-refractivity contribution in [1.29, 1.82) is 0 Å². The Kier molecular flexibility index (Phi) is 5.27. The van der Waals surface area contributed by atoms with Gasteiger partial charge in [0.05, 0.1) is 0 Å². The summed E-state index contributed by atoms with van der Waals surface area (Å²) < 4.78 is 6.24. The van der Waals surface area contributed by atoms with Crippen LogP contribution in [0.5, 0.6) is 5.75 Å². The van der Waals surface area contributed by atoms with Crippen molar-refractivity contribution in [2.24, 2.45) is 5.73 Å². The van der Waals surface area contributed by atoms with Crippen LogP contribution in [-0.2, 0) is 0 Å². The zero-order chi connectivity index (χ0) is 15.4. The van der Waals surface area contributed by atoms with Crippen LogP contribution in [0.4, 0.5) is 0 Å². The van der Waals surface area contributed by atoms with Gasteiger partial charge in [-0.15, -0.1) is 0 Å². The Hall–Kier alpha value is -1.51. The van der Waals surface area contributed by atoms with Gasteiger partial charge in [0.2, 0.25) is 0 Å². The van der Waals surface area contributed by atoms with Crippen molar-refractivity contribution >= 4 is 11.6 Å². The molecule has 2 unspecified atom stereocenters. The van der Waals surface area contributed by atoms with E-state index in [0.29, 0.717) is 5.02 Å². The third kappa shape index (κ3) is 3.78. The maximum Gasteiger partial charge on any atom is 0.140 e. The first-order valence-corrected chi connectivity index (χ1v) is 7.64. The Morgan fingerprint density at radius 3 is 2.52 bits per heavy atom. The van der Waals surface area contributed by atoms with Gasteiger partial charge in [-0.25, -0.2) is 0 Å². The summed E-state index contributed by atoms with van der Waals surface area (Å²) in [5.74, 6) is 0.865. The SMILES string of the molecule is CCC(N)C(Oc1cc(C)ccc1C)c1ccccc1Cl. The van der Waals surface area contributed by atoms with E-state index in [2.05, 4.69) is 26.0 Å². The highest BCUT2D eigenvalue weighted by Gasteiger charge is 2.23. The molecule has 0 fully saturated rings. The maximum absolute atomic E-state index is 6.32. The second-order valence-electron chi connectivity index (χ2n) is 5.40. The maximum atomic E-state index is 6.32. The lowest BCUT2D eigenvalue weighted by Gasteiger charge is -2.26. The average molecular weight is 304 g/mol. The van der Waals surface area contributed by atoms with Gasteiger partial charge in [-0.3, -0.25) is 0 Å². The molecule has 0 heterocycles. The van der Waals surface area contributed by atoms with Gasteiger partial charge in [0.15, 0.2) is 0 Å². The molecule has 2 N–H and O–H groups in total. The molecule has 0 aliphatic rings. The number of ether oxygens (including phenoxy) is 1. The molecule has 2 nitrogen and oxygen atoms in total. The number of nitrogens with two attached hydrogens (primary N) is 1. The van der Waals surface area contributed by atoms with E-state index in [4.69, 9.17) is 22.1 Å². The van der Waals surface area contributed by atoms with E-state index in [1.807, 2.05) is 37.3 Å². The highest BCUT2D eigenvalue weighted by molar-refractivity contribution is 6.31. The predicted molar refractivity (Wildman–Crippen MR) is 89.0 cm³/mol. The van der Waals surface area contributed by atoms with Crippen molar-refractivity contribution in [2.45, 2.75) is 39.3 Å². The van der Waals surface area contributed by atoms with Crippen molar-refractivity contribution in [1.82, 2.24) is 0 Å². The van der Waals surface area contributed by atoms with E-state index in [9.17, 15) is 0 Å². The van der Waals surface area contributed by atoms with Gasteiger partial charge in [0, 0.05) is 16.6 Å². The molecule has 0 spiro atoms. The van der Waals surface area contributed by atoms with Crippen molar-refractivity contribution in [3.05, 3.63) is 64.2 Å². The zero-order valence-electron chi connectivity index (χ0n) is 12.8. The molecule has 0 bridgehead atoms. The third-order valence-electron chi connectivity index (χ3n) is 3.67. The molecular weight excluding hydrogens is 282 g/mol. The minimum absolute atomic E-state index is 0.107. The molecule has 0 radical (unpaired) electrons. The quantitative estimate of drug-likeness (QED) is 0.860. The smallest absolute Gasteiger partial charge is 0.140 e. The summed E-state index contributed by atoms with van der Waals surface area (Å²) >= 11 is 6.32. The van der Waals surface area contributed by atoms with Crippen LogP contribution < -0.4 is 10.5 Å². The van der Waals surface area contributed by atoms with Gasteiger partial charge < -0.3 is 10.5 Å². The summed E-state index contributed by atoms with van der Waals surface area (Å²) in [6.07, 6.45) is 0.574. The number of hydrogen-bond donors (Lipinski definition) is 1. The molecule has 2 aromatic carbocycles. The molecule has 0 aliphatic heterocycles. The summed E-state index contributed by atoms with van der Waals surface area (Å²) in [5, 5.41) is 0.691. The number of aryl methyl sites for hydroxylation is 2. The third-order valence-corrected chi connectivity index (χ3v) is 4.01. The van der Waals surface area contributed by atoms with E-state index < -0.39 is 0 Å². The van der Waals surface area contributed by atoms with Crippen LogP contribution in [0.15, 0.2) is 42.5 Å². The zero-order valence-corrected chi connectivity index (χ0v) is 13.5. The molecule has 0 amide bonds. The van der Waals surface area contributed by atoms with E-state index in [1.165, 1.54) is 5.56 Å². The fourth-order valence-corrected chi connectivity index (χ4v) is 2.52. The standard InChI is InChI=1S/C18H22ClNO/c1-4-16(20)18(14-7-5-6-8-15(14)19)21-17-11-12(2)9-10-13(17)3/h5-11,16,18H,4,20H2,1-3H3. The summed E-state index contributed by atoms with van der Waals surface area (Å²) in [6, 6.07) is 13.8. The van der Waals surface area contributed by atoms with E-state index in [0.717, 1.165) is 23.3 Å². The summed E-state index contributed by atoms with van der Waals surface area (Å²) in [4.78, 5) is 0. The Morgan fingerprint density at radius 2 is 1.86 bits per heavy atom. The van der Waals surface area contributed by atoms with Crippen LogP contribution in [0, 0.1) is 13.8 Å². The van der Waals surface area contributed by atoms with Crippen LogP contribution in [-0.4, -0.2) is 6.04 Å². The number of hydrogen-bond acceptors (Lipinski definition) is 2. The normalized spacial score (nSPS) is 13.8. The minimum atomic E-state index is -0.246. The molecule has 3 heteroatoms. The first-order chi connectivity index (χ1) is 10.0. The Morgan fingerprint density at radius 1 is 1.14 bits per heavy atom. The predicted octanol–water partition coefficient (Wildman–Crippen LogP) is 4.81. The lowest BCUT2D eigenvalue weighted by atomic mass is 10.0. The summed E-state index contributed by atoms with van der Waals surface area (Å²) in [7, 11) is 0. The van der Waals surface area contributed by atoms with Crippen LogP contribution in [0.3, 0.4) is 0 Å². The molecular formula is C18H22ClNO. The van der Waals surface area contributed by atoms with E-state index in [1.54, 1.807) is 0 Å². The van der Waals surface area contributed by atoms with Crippen molar-refractivity contribution in [3.8, 4) is 5.75 Å². The number of halogens is 1. The van der Waals surface area contributed by atoms with Gasteiger partial charge in [0.25, 0.3) is 0 Å². The fourth-order valence-electron chi connectivity index (χ4n) is 2.27. The molecule has 2 atom stereocenters. The minimum Gasteiger partial charge on any atom is -0.484 e. The van der Waals surface area contributed by atoms with Gasteiger partial charge >= 0.3 is 0 Å². The first kappa shape index (κ1) is 15.9. The largest absolute Gasteiger partial charge is 0.484 e. The van der Waals surface area contributed by atoms with Gasteiger partial charge in [-0.2, -0.15) is 0 Å². The van der Waals surface area contributed by atoms with Gasteiger partial charge in [0.1, 0.15) is 11.9 Å². The Balaban J connectivity index is 2.38. The molecule has 112 valence electrons. The molecule has 2 aromatic rings. The van der Waals surface area contributed by atoms with Crippen molar-refractivity contribution in [3.63, 3.8) is 0 Å². The second kappa shape index (κ2) is 6.97. The Labute approximate surface area is 131 Å². The molecule has 0 aromatic heterocycles. The summed E-state index contributed by atoms with van der Waals surface area (Å²) in [5.41, 5.74) is 9.47. The summed E-state index contributed by atoms with van der Waals surface area (Å²) in [6.45, 7) is 6.15. The lowest BCUT2D eigenvalue weighted by molar-refractivity contribution is 0.170. The molecule has 0 saturated heterocycles. The molecule has 2 rings (SSSR count). The topological polar surface area (TPSA) is 35.2 Å². The van der Waals surface area contributed by atoms with Gasteiger partial charge in [-0.05, 0) is 43.5 Å². The van der Waals surface area contributed by atoms with Gasteiger partial charge in [-0.1, -0.05) is 48.9 Å². The van der Waals surface area contributed by atoms with E-state index in [-0.39, 0.29) is 12.1 Å². The van der Waals surface area contributed by atoms with Crippen LogP contribution >= 0.6 is 11.6 Å². The average Bonchev–Trinajstić information content (AvgIpc) is 2.48. The molecule has 0 aliphatic carbocycles. The number of benzene rings is 2. The highest BCUT2D eigenvalue weighted by atomic mass is 35.5. The van der Waals surface area contributed by atoms with Crippen LogP contribution in [0.1, 0.15) is 36.1 Å². The second-order valence-corrected chi connectivity index (χ2v) is 5.81. The first-order valence-electron chi connectivity index (χ1n) is 7.26. The van der Waals surface area contributed by atoms with E-state index >= 15 is 0 Å². The van der Waals surface area contributed by atoms with Crippen LogP contribution in [0.25, 0.3) is 0 Å². The monoisotopic (exact) mass is 303 g/mol. The van der Waals surface area contributed by atoms with Crippen molar-refractivity contribution < 1.29 is 4.74 Å². The fraction of sp³-hybridized carbons (Fsp3) is 0.333. The Bertz CT molecular complexity index is 612. The van der Waals surface area contributed by atoms with Crippen LogP contribution in [0.2, 0.25) is 5.02 Å².